The monoisotopic (exact) mass is 288 g/mol. The molecule has 0 saturated heterocycles. The van der Waals surface area contributed by atoms with Crippen LogP contribution in [0.3, 0.4) is 0 Å². The van der Waals surface area contributed by atoms with Crippen LogP contribution in [0.15, 0.2) is 42.5 Å². The number of nitrogens with zero attached hydrogens (tertiary/aromatic N) is 1. The van der Waals surface area contributed by atoms with Crippen LogP contribution in [0.2, 0.25) is 0 Å². The van der Waals surface area contributed by atoms with Crippen molar-refractivity contribution in [3.63, 3.8) is 0 Å². The predicted octanol–water partition coefficient (Wildman–Crippen LogP) is 3.48. The van der Waals surface area contributed by atoms with Crippen LogP contribution in [0.1, 0.15) is 28.3 Å². The van der Waals surface area contributed by atoms with E-state index in [1.165, 1.54) is 15.3 Å². The van der Waals surface area contributed by atoms with Crippen molar-refractivity contribution in [1.82, 2.24) is 4.90 Å². The SMILES string of the molecule is CCc1ccc(C(CN)N(C)CCc2ccccc2)s1. The summed E-state index contributed by atoms with van der Waals surface area (Å²) in [7, 11) is 2.17. The molecule has 3 heteroatoms. The molecule has 0 fully saturated rings. The molecule has 2 nitrogen and oxygen atoms in total. The number of likely N-dealkylation sites (N-methyl/N-ethyl adjacent to an activating group) is 1. The minimum absolute atomic E-state index is 0.337. The second-order valence-electron chi connectivity index (χ2n) is 5.13. The average Bonchev–Trinajstić information content (AvgIpc) is 2.96. The fourth-order valence-electron chi connectivity index (χ4n) is 2.38. The van der Waals surface area contributed by atoms with Crippen LogP contribution in [0.5, 0.6) is 0 Å². The summed E-state index contributed by atoms with van der Waals surface area (Å²) in [6.07, 6.45) is 2.18. The summed E-state index contributed by atoms with van der Waals surface area (Å²) < 4.78 is 0. The highest BCUT2D eigenvalue weighted by atomic mass is 32.1. The minimum Gasteiger partial charge on any atom is -0.329 e. The number of hydrogen-bond acceptors (Lipinski definition) is 3. The zero-order valence-corrected chi connectivity index (χ0v) is 13.2. The molecule has 0 bridgehead atoms. The van der Waals surface area contributed by atoms with Crippen LogP contribution >= 0.6 is 11.3 Å². The third-order valence-electron chi connectivity index (χ3n) is 3.71. The van der Waals surface area contributed by atoms with Crippen LogP contribution in [0.4, 0.5) is 0 Å². The first-order valence-corrected chi connectivity index (χ1v) is 8.09. The molecule has 0 radical (unpaired) electrons. The maximum absolute atomic E-state index is 5.99. The van der Waals surface area contributed by atoms with Gasteiger partial charge in [-0.1, -0.05) is 37.3 Å². The fourth-order valence-corrected chi connectivity index (χ4v) is 3.51. The highest BCUT2D eigenvalue weighted by molar-refractivity contribution is 7.12. The van der Waals surface area contributed by atoms with Gasteiger partial charge in [-0.15, -0.1) is 11.3 Å². The molecule has 1 unspecified atom stereocenters. The number of nitrogens with two attached hydrogens (primary N) is 1. The quantitative estimate of drug-likeness (QED) is 0.845. The molecule has 0 aliphatic carbocycles. The van der Waals surface area contributed by atoms with Gasteiger partial charge in [0.25, 0.3) is 0 Å². The lowest BCUT2D eigenvalue weighted by Crippen LogP contribution is -2.31. The summed E-state index contributed by atoms with van der Waals surface area (Å²) in [4.78, 5) is 5.20. The van der Waals surface area contributed by atoms with E-state index in [1.807, 2.05) is 11.3 Å². The van der Waals surface area contributed by atoms with E-state index in [-0.39, 0.29) is 0 Å². The van der Waals surface area contributed by atoms with Gasteiger partial charge in [0.05, 0.1) is 6.04 Å². The molecule has 20 heavy (non-hydrogen) atoms. The van der Waals surface area contributed by atoms with Gasteiger partial charge in [-0.05, 0) is 37.6 Å². The smallest absolute Gasteiger partial charge is 0.0562 e. The molecule has 2 N–H and O–H groups in total. The topological polar surface area (TPSA) is 29.3 Å². The lowest BCUT2D eigenvalue weighted by molar-refractivity contribution is 0.256. The van der Waals surface area contributed by atoms with E-state index in [2.05, 4.69) is 61.3 Å². The van der Waals surface area contributed by atoms with Gasteiger partial charge in [0, 0.05) is 22.8 Å². The first-order chi connectivity index (χ1) is 9.74. The molecule has 108 valence electrons. The van der Waals surface area contributed by atoms with E-state index < -0.39 is 0 Å². The molecule has 2 rings (SSSR count). The Balaban J connectivity index is 1.96. The van der Waals surface area contributed by atoms with Crippen molar-refractivity contribution in [3.05, 3.63) is 57.8 Å². The van der Waals surface area contributed by atoms with E-state index in [4.69, 9.17) is 5.73 Å². The van der Waals surface area contributed by atoms with E-state index >= 15 is 0 Å². The molecule has 1 aromatic carbocycles. The zero-order chi connectivity index (χ0) is 14.4. The Hall–Kier alpha value is -1.16. The van der Waals surface area contributed by atoms with Crippen LogP contribution in [-0.4, -0.2) is 25.0 Å². The largest absolute Gasteiger partial charge is 0.329 e. The summed E-state index contributed by atoms with van der Waals surface area (Å²) >= 11 is 1.89. The normalized spacial score (nSPS) is 12.8. The molecular formula is C17H24N2S. The number of thiophene rings is 1. The maximum atomic E-state index is 5.99. The highest BCUT2D eigenvalue weighted by Gasteiger charge is 2.17. The fraction of sp³-hybridized carbons (Fsp3) is 0.412. The first kappa shape index (κ1) is 15.2. The predicted molar refractivity (Wildman–Crippen MR) is 88.3 cm³/mol. The van der Waals surface area contributed by atoms with Crippen molar-refractivity contribution in [3.8, 4) is 0 Å². The standard InChI is InChI=1S/C17H24N2S/c1-3-15-9-10-17(20-15)16(13-18)19(2)12-11-14-7-5-4-6-8-14/h4-10,16H,3,11-13,18H2,1-2H3. The molecule has 1 atom stereocenters. The Morgan fingerprint density at radius 1 is 1.15 bits per heavy atom. The van der Waals surface area contributed by atoms with E-state index in [9.17, 15) is 0 Å². The Bertz CT molecular complexity index is 507. The number of rotatable bonds is 7. The Labute approximate surface area is 126 Å². The molecule has 2 aromatic rings. The van der Waals surface area contributed by atoms with E-state index in [0.29, 0.717) is 12.6 Å². The van der Waals surface area contributed by atoms with Gasteiger partial charge >= 0.3 is 0 Å². The molecular weight excluding hydrogens is 264 g/mol. The van der Waals surface area contributed by atoms with Crippen LogP contribution in [-0.2, 0) is 12.8 Å². The summed E-state index contributed by atoms with van der Waals surface area (Å²) in [5.41, 5.74) is 7.38. The van der Waals surface area contributed by atoms with Gasteiger partial charge < -0.3 is 5.73 Å². The van der Waals surface area contributed by atoms with Gasteiger partial charge in [-0.3, -0.25) is 4.90 Å². The van der Waals surface area contributed by atoms with Gasteiger partial charge in [-0.25, -0.2) is 0 Å². The Morgan fingerprint density at radius 3 is 2.50 bits per heavy atom. The zero-order valence-electron chi connectivity index (χ0n) is 12.4. The average molecular weight is 288 g/mol. The summed E-state index contributed by atoms with van der Waals surface area (Å²) in [5.74, 6) is 0. The minimum atomic E-state index is 0.337. The summed E-state index contributed by atoms with van der Waals surface area (Å²) in [6, 6.07) is 15.4. The number of aryl methyl sites for hydroxylation is 1. The van der Waals surface area contributed by atoms with Gasteiger partial charge in [0.2, 0.25) is 0 Å². The molecule has 0 amide bonds. The first-order valence-electron chi connectivity index (χ1n) is 7.27. The van der Waals surface area contributed by atoms with Crippen molar-refractivity contribution in [2.24, 2.45) is 5.73 Å². The summed E-state index contributed by atoms with van der Waals surface area (Å²) in [6.45, 7) is 3.91. The molecule has 1 aromatic heterocycles. The number of hydrogen-bond donors (Lipinski definition) is 1. The molecule has 0 spiro atoms. The van der Waals surface area contributed by atoms with Crippen molar-refractivity contribution in [2.75, 3.05) is 20.1 Å². The summed E-state index contributed by atoms with van der Waals surface area (Å²) in [5, 5.41) is 0. The third-order valence-corrected chi connectivity index (χ3v) is 5.04. The second kappa shape index (κ2) is 7.58. The van der Waals surface area contributed by atoms with Crippen LogP contribution in [0.25, 0.3) is 0 Å². The van der Waals surface area contributed by atoms with Gasteiger partial charge in [0.1, 0.15) is 0 Å². The lowest BCUT2D eigenvalue weighted by Gasteiger charge is -2.26. The van der Waals surface area contributed by atoms with Crippen LogP contribution in [0, 0.1) is 0 Å². The molecule has 0 aliphatic rings. The Morgan fingerprint density at radius 2 is 1.90 bits per heavy atom. The van der Waals surface area contributed by atoms with Crippen LogP contribution < -0.4 is 5.73 Å². The van der Waals surface area contributed by atoms with E-state index in [0.717, 1.165) is 19.4 Å². The van der Waals surface area contributed by atoms with Gasteiger partial charge in [-0.2, -0.15) is 0 Å². The van der Waals surface area contributed by atoms with E-state index in [1.54, 1.807) is 0 Å². The maximum Gasteiger partial charge on any atom is 0.0562 e. The van der Waals surface area contributed by atoms with Crippen molar-refractivity contribution >= 4 is 11.3 Å². The Kier molecular flexibility index (Phi) is 5.77. The van der Waals surface area contributed by atoms with Crippen molar-refractivity contribution < 1.29 is 0 Å². The van der Waals surface area contributed by atoms with Gasteiger partial charge in [0.15, 0.2) is 0 Å². The highest BCUT2D eigenvalue weighted by Crippen LogP contribution is 2.26. The third kappa shape index (κ3) is 3.92. The molecule has 1 heterocycles. The van der Waals surface area contributed by atoms with Crippen molar-refractivity contribution in [1.29, 1.82) is 0 Å². The number of benzene rings is 1. The lowest BCUT2D eigenvalue weighted by atomic mass is 10.1. The second-order valence-corrected chi connectivity index (χ2v) is 6.33. The molecule has 0 saturated carbocycles. The van der Waals surface area contributed by atoms with Crippen molar-refractivity contribution in [2.45, 2.75) is 25.8 Å². The molecule has 0 aliphatic heterocycles.